The van der Waals surface area contributed by atoms with Crippen LogP contribution >= 0.6 is 0 Å². The highest BCUT2D eigenvalue weighted by atomic mass is 16.6. The van der Waals surface area contributed by atoms with Crippen molar-refractivity contribution in [3.63, 3.8) is 0 Å². The molecule has 3 rings (SSSR count). The summed E-state index contributed by atoms with van der Waals surface area (Å²) in [6, 6.07) is 1.68. The van der Waals surface area contributed by atoms with Gasteiger partial charge in [-0.1, -0.05) is 6.42 Å². The molecule has 1 unspecified atom stereocenters. The second-order valence-electron chi connectivity index (χ2n) is 5.95. The van der Waals surface area contributed by atoms with Gasteiger partial charge in [-0.3, -0.25) is 15.0 Å². The van der Waals surface area contributed by atoms with E-state index < -0.39 is 10.9 Å². The lowest BCUT2D eigenvalue weighted by atomic mass is 9.99. The third-order valence-corrected chi connectivity index (χ3v) is 4.60. The lowest BCUT2D eigenvalue weighted by Gasteiger charge is -2.44. The van der Waals surface area contributed by atoms with Crippen molar-refractivity contribution in [1.82, 2.24) is 9.88 Å². The third-order valence-electron chi connectivity index (χ3n) is 4.60. The maximum atomic E-state index is 11.6. The maximum Gasteiger partial charge on any atom is 0.339 e. The Labute approximate surface area is 134 Å². The zero-order valence-electron chi connectivity index (χ0n) is 13.1. The van der Waals surface area contributed by atoms with Gasteiger partial charge in [-0.15, -0.1) is 0 Å². The molecule has 8 heteroatoms. The van der Waals surface area contributed by atoms with Gasteiger partial charge in [0.05, 0.1) is 17.6 Å². The number of ether oxygens (including phenoxy) is 1. The number of nitrogens with zero attached hydrogens (tertiary/aromatic N) is 4. The van der Waals surface area contributed by atoms with Crippen LogP contribution in [0.2, 0.25) is 0 Å². The van der Waals surface area contributed by atoms with E-state index in [0.29, 0.717) is 18.4 Å². The second-order valence-corrected chi connectivity index (χ2v) is 5.95. The first kappa shape index (κ1) is 15.7. The Hall–Kier alpha value is -2.22. The molecule has 0 aromatic carbocycles. The maximum absolute atomic E-state index is 11.6. The number of hydrogen-bond donors (Lipinski definition) is 0. The van der Waals surface area contributed by atoms with Crippen LogP contribution < -0.4 is 4.90 Å². The Bertz CT molecular complexity index is 621. The molecule has 2 saturated heterocycles. The minimum Gasteiger partial charge on any atom is -0.465 e. The van der Waals surface area contributed by atoms with Crippen LogP contribution in [0.25, 0.3) is 0 Å². The van der Waals surface area contributed by atoms with Crippen molar-refractivity contribution < 1.29 is 14.5 Å². The molecule has 3 heterocycles. The van der Waals surface area contributed by atoms with E-state index in [1.54, 1.807) is 0 Å². The molecule has 124 valence electrons. The molecule has 23 heavy (non-hydrogen) atoms. The fraction of sp³-hybridized carbons (Fsp3) is 0.600. The van der Waals surface area contributed by atoms with E-state index in [2.05, 4.69) is 14.6 Å². The van der Waals surface area contributed by atoms with Crippen LogP contribution in [-0.4, -0.2) is 60.1 Å². The monoisotopic (exact) mass is 320 g/mol. The molecule has 2 aliphatic rings. The number of esters is 1. The summed E-state index contributed by atoms with van der Waals surface area (Å²) >= 11 is 0. The zero-order valence-corrected chi connectivity index (χ0v) is 13.1. The van der Waals surface area contributed by atoms with Gasteiger partial charge < -0.3 is 9.64 Å². The van der Waals surface area contributed by atoms with Gasteiger partial charge in [-0.25, -0.2) is 9.78 Å². The number of carbonyl (C=O) groups is 1. The largest absolute Gasteiger partial charge is 0.465 e. The number of rotatable bonds is 3. The lowest BCUT2D eigenvalue weighted by Crippen LogP contribution is -2.55. The van der Waals surface area contributed by atoms with Gasteiger partial charge in [0.1, 0.15) is 0 Å². The summed E-state index contributed by atoms with van der Waals surface area (Å²) in [4.78, 5) is 31.1. The van der Waals surface area contributed by atoms with Gasteiger partial charge in [0.15, 0.2) is 0 Å². The average molecular weight is 320 g/mol. The summed E-state index contributed by atoms with van der Waals surface area (Å²) in [7, 11) is 1.24. The van der Waals surface area contributed by atoms with E-state index in [1.807, 2.05) is 4.90 Å². The van der Waals surface area contributed by atoms with E-state index in [1.165, 1.54) is 32.2 Å². The van der Waals surface area contributed by atoms with Crippen molar-refractivity contribution >= 4 is 17.5 Å². The van der Waals surface area contributed by atoms with E-state index in [0.717, 1.165) is 26.1 Å². The van der Waals surface area contributed by atoms with E-state index >= 15 is 0 Å². The number of piperazine rings is 1. The highest BCUT2D eigenvalue weighted by molar-refractivity contribution is 5.90. The number of hydrogen-bond acceptors (Lipinski definition) is 7. The number of aromatic nitrogens is 1. The fourth-order valence-electron chi connectivity index (χ4n) is 3.40. The standard InChI is InChI=1S/C15H20N4O4/c1-23-15(20)11-8-13(19(21)22)14(16-9-11)18-7-6-17-5-3-2-4-12(17)10-18/h8-9,12H,2-7,10H2,1H3. The average Bonchev–Trinajstić information content (AvgIpc) is 2.60. The van der Waals surface area contributed by atoms with Crippen LogP contribution in [0.3, 0.4) is 0 Å². The second kappa shape index (κ2) is 6.49. The van der Waals surface area contributed by atoms with Crippen LogP contribution in [0.1, 0.15) is 29.6 Å². The van der Waals surface area contributed by atoms with Gasteiger partial charge in [-0.2, -0.15) is 0 Å². The van der Waals surface area contributed by atoms with Crippen LogP contribution in [0.15, 0.2) is 12.3 Å². The van der Waals surface area contributed by atoms with E-state index in [9.17, 15) is 14.9 Å². The van der Waals surface area contributed by atoms with E-state index in [4.69, 9.17) is 0 Å². The Morgan fingerprint density at radius 2 is 2.22 bits per heavy atom. The molecule has 0 N–H and O–H groups in total. The van der Waals surface area contributed by atoms with Gasteiger partial charge in [0.2, 0.25) is 5.82 Å². The number of fused-ring (bicyclic) bond motifs is 1. The smallest absolute Gasteiger partial charge is 0.339 e. The molecule has 0 amide bonds. The predicted octanol–water partition coefficient (Wildman–Crippen LogP) is 1.45. The van der Waals surface area contributed by atoms with Gasteiger partial charge in [-0.05, 0) is 19.4 Å². The molecule has 0 aliphatic carbocycles. The molecule has 0 saturated carbocycles. The molecule has 2 aliphatic heterocycles. The number of piperidine rings is 1. The number of methoxy groups -OCH3 is 1. The van der Waals surface area contributed by atoms with Crippen molar-refractivity contribution in [1.29, 1.82) is 0 Å². The van der Waals surface area contributed by atoms with Gasteiger partial charge >= 0.3 is 11.7 Å². The van der Waals surface area contributed by atoms with Crippen LogP contribution in [0.4, 0.5) is 11.5 Å². The summed E-state index contributed by atoms with van der Waals surface area (Å²) in [5.41, 5.74) is -0.0450. The summed E-state index contributed by atoms with van der Waals surface area (Å²) in [6.45, 7) is 3.45. The quantitative estimate of drug-likeness (QED) is 0.473. The number of carbonyl (C=O) groups excluding carboxylic acids is 1. The molecule has 0 spiro atoms. The highest BCUT2D eigenvalue weighted by Gasteiger charge is 2.32. The molecular weight excluding hydrogens is 300 g/mol. The molecular formula is C15H20N4O4. The van der Waals surface area contributed by atoms with Gasteiger partial charge in [0, 0.05) is 37.9 Å². The van der Waals surface area contributed by atoms with Crippen molar-refractivity contribution in [3.8, 4) is 0 Å². The lowest BCUT2D eigenvalue weighted by molar-refractivity contribution is -0.384. The molecule has 0 radical (unpaired) electrons. The van der Waals surface area contributed by atoms with Crippen molar-refractivity contribution in [2.75, 3.05) is 38.2 Å². The summed E-state index contributed by atoms with van der Waals surface area (Å²) in [6.07, 6.45) is 4.89. The van der Waals surface area contributed by atoms with Crippen molar-refractivity contribution in [2.24, 2.45) is 0 Å². The first-order valence-electron chi connectivity index (χ1n) is 7.82. The molecule has 0 bridgehead atoms. The first-order valence-corrected chi connectivity index (χ1v) is 7.82. The Morgan fingerprint density at radius 3 is 2.96 bits per heavy atom. The summed E-state index contributed by atoms with van der Waals surface area (Å²) < 4.78 is 4.61. The first-order chi connectivity index (χ1) is 11.1. The molecule has 1 atom stereocenters. The highest BCUT2D eigenvalue weighted by Crippen LogP contribution is 2.30. The summed E-state index contributed by atoms with van der Waals surface area (Å²) in [5, 5.41) is 11.4. The zero-order chi connectivity index (χ0) is 16.4. The van der Waals surface area contributed by atoms with E-state index in [-0.39, 0.29) is 11.3 Å². The van der Waals surface area contributed by atoms with Crippen LogP contribution in [0, 0.1) is 10.1 Å². The third kappa shape index (κ3) is 3.12. The fourth-order valence-corrected chi connectivity index (χ4v) is 3.40. The van der Waals surface area contributed by atoms with Gasteiger partial charge in [0.25, 0.3) is 0 Å². The number of nitro groups is 1. The molecule has 1 aromatic rings. The Morgan fingerprint density at radius 1 is 1.39 bits per heavy atom. The summed E-state index contributed by atoms with van der Waals surface area (Å²) in [5.74, 6) is -0.280. The van der Waals surface area contributed by atoms with Crippen molar-refractivity contribution in [2.45, 2.75) is 25.3 Å². The minimum absolute atomic E-state index is 0.0965. The number of pyridine rings is 1. The topological polar surface area (TPSA) is 88.8 Å². The van der Waals surface area contributed by atoms with Crippen molar-refractivity contribution in [3.05, 3.63) is 27.9 Å². The number of anilines is 1. The van der Waals surface area contributed by atoms with Crippen LogP contribution in [0.5, 0.6) is 0 Å². The predicted molar refractivity (Wildman–Crippen MR) is 83.7 cm³/mol. The molecule has 2 fully saturated rings. The Balaban J connectivity index is 1.86. The normalized spacial score (nSPS) is 21.6. The molecule has 1 aromatic heterocycles. The van der Waals surface area contributed by atoms with Crippen LogP contribution in [-0.2, 0) is 4.74 Å². The SMILES string of the molecule is COC(=O)c1cnc(N2CCN3CCCCC3C2)c([N+](=O)[O-])c1. The molecule has 8 nitrogen and oxygen atoms in total. The Kier molecular flexibility index (Phi) is 4.42. The minimum atomic E-state index is -0.621.